The van der Waals surface area contributed by atoms with E-state index in [1.807, 2.05) is 58.9 Å². The Morgan fingerprint density at radius 1 is 1.14 bits per heavy atom. The van der Waals surface area contributed by atoms with E-state index in [1.54, 1.807) is 7.11 Å². The Balaban J connectivity index is 2.78. The second kappa shape index (κ2) is 6.35. The molecule has 0 spiro atoms. The zero-order valence-corrected chi connectivity index (χ0v) is 13.7. The second-order valence-electron chi connectivity index (χ2n) is 6.60. The van der Waals surface area contributed by atoms with Crippen LogP contribution in [0.25, 0.3) is 0 Å². The molecular weight excluding hydrogens is 268 g/mol. The van der Waals surface area contributed by atoms with Crippen LogP contribution in [0.5, 0.6) is 5.75 Å². The van der Waals surface area contributed by atoms with Gasteiger partial charge in [-0.1, -0.05) is 12.1 Å². The SMILES string of the molecule is COc1ccc(C(N)C(C)(C)NC(=O)OC(C)(C)C)cc1. The summed E-state index contributed by atoms with van der Waals surface area (Å²) in [6.07, 6.45) is -0.475. The number of hydrogen-bond donors (Lipinski definition) is 2. The Hall–Kier alpha value is -1.75. The summed E-state index contributed by atoms with van der Waals surface area (Å²) in [6.45, 7) is 9.20. The van der Waals surface area contributed by atoms with Crippen LogP contribution in [0.3, 0.4) is 0 Å². The van der Waals surface area contributed by atoms with Gasteiger partial charge in [-0.15, -0.1) is 0 Å². The van der Waals surface area contributed by atoms with Crippen LogP contribution in [-0.4, -0.2) is 24.3 Å². The summed E-state index contributed by atoms with van der Waals surface area (Å²) in [7, 11) is 1.61. The van der Waals surface area contributed by atoms with E-state index >= 15 is 0 Å². The second-order valence-corrected chi connectivity index (χ2v) is 6.60. The first-order chi connectivity index (χ1) is 9.55. The third-order valence-electron chi connectivity index (χ3n) is 3.08. The van der Waals surface area contributed by atoms with E-state index in [-0.39, 0.29) is 6.04 Å². The molecule has 1 rings (SSSR count). The Morgan fingerprint density at radius 3 is 2.10 bits per heavy atom. The number of methoxy groups -OCH3 is 1. The van der Waals surface area contributed by atoms with E-state index < -0.39 is 17.2 Å². The van der Waals surface area contributed by atoms with E-state index in [0.29, 0.717) is 0 Å². The van der Waals surface area contributed by atoms with Crippen LogP contribution >= 0.6 is 0 Å². The molecule has 0 saturated carbocycles. The van der Waals surface area contributed by atoms with Gasteiger partial charge in [0.2, 0.25) is 0 Å². The largest absolute Gasteiger partial charge is 0.497 e. The van der Waals surface area contributed by atoms with Crippen LogP contribution in [-0.2, 0) is 4.74 Å². The number of rotatable bonds is 4. The molecule has 1 aromatic rings. The van der Waals surface area contributed by atoms with Gasteiger partial charge < -0.3 is 20.5 Å². The van der Waals surface area contributed by atoms with Crippen LogP contribution in [0.1, 0.15) is 46.2 Å². The molecule has 21 heavy (non-hydrogen) atoms. The highest BCUT2D eigenvalue weighted by molar-refractivity contribution is 5.68. The Morgan fingerprint density at radius 2 is 1.67 bits per heavy atom. The molecule has 0 aliphatic heterocycles. The van der Waals surface area contributed by atoms with E-state index in [2.05, 4.69) is 5.32 Å². The van der Waals surface area contributed by atoms with Gasteiger partial charge in [0.1, 0.15) is 11.4 Å². The molecule has 0 aliphatic rings. The number of carbonyl (C=O) groups is 1. The Labute approximate surface area is 126 Å². The van der Waals surface area contributed by atoms with Gasteiger partial charge in [-0.05, 0) is 52.3 Å². The fraction of sp³-hybridized carbons (Fsp3) is 0.562. The molecule has 1 amide bonds. The van der Waals surface area contributed by atoms with Crippen molar-refractivity contribution in [2.45, 2.75) is 51.8 Å². The average Bonchev–Trinajstić information content (AvgIpc) is 2.35. The third-order valence-corrected chi connectivity index (χ3v) is 3.08. The Kier molecular flexibility index (Phi) is 5.23. The van der Waals surface area contributed by atoms with E-state index in [1.165, 1.54) is 0 Å². The standard InChI is InChI=1S/C16H26N2O3/c1-15(2,3)21-14(19)18-16(4,5)13(17)11-7-9-12(20-6)10-8-11/h7-10,13H,17H2,1-6H3,(H,18,19). The molecule has 118 valence electrons. The molecule has 0 heterocycles. The number of nitrogens with one attached hydrogen (secondary N) is 1. The van der Waals surface area contributed by atoms with Crippen molar-refractivity contribution in [3.63, 3.8) is 0 Å². The molecule has 0 bridgehead atoms. The zero-order valence-electron chi connectivity index (χ0n) is 13.7. The van der Waals surface area contributed by atoms with E-state index in [0.717, 1.165) is 11.3 Å². The normalized spacial score (nSPS) is 13.5. The number of nitrogens with two attached hydrogens (primary N) is 1. The summed E-state index contributed by atoms with van der Waals surface area (Å²) in [5, 5.41) is 2.82. The monoisotopic (exact) mass is 294 g/mol. The highest BCUT2D eigenvalue weighted by Crippen LogP contribution is 2.25. The maximum atomic E-state index is 11.9. The van der Waals surface area contributed by atoms with Gasteiger partial charge in [0, 0.05) is 0 Å². The van der Waals surface area contributed by atoms with Crippen molar-refractivity contribution in [3.05, 3.63) is 29.8 Å². The van der Waals surface area contributed by atoms with Crippen molar-refractivity contribution in [2.75, 3.05) is 7.11 Å². The summed E-state index contributed by atoms with van der Waals surface area (Å²) in [4.78, 5) is 11.9. The number of hydrogen-bond acceptors (Lipinski definition) is 4. The topological polar surface area (TPSA) is 73.6 Å². The van der Waals surface area contributed by atoms with Crippen molar-refractivity contribution in [3.8, 4) is 5.75 Å². The van der Waals surface area contributed by atoms with Gasteiger partial charge in [0.25, 0.3) is 0 Å². The van der Waals surface area contributed by atoms with Gasteiger partial charge in [-0.3, -0.25) is 0 Å². The maximum absolute atomic E-state index is 11.9. The lowest BCUT2D eigenvalue weighted by atomic mass is 9.89. The zero-order chi connectivity index (χ0) is 16.3. The third kappa shape index (κ3) is 5.27. The smallest absolute Gasteiger partial charge is 0.408 e. The molecule has 5 nitrogen and oxygen atoms in total. The fourth-order valence-electron chi connectivity index (χ4n) is 1.87. The van der Waals surface area contributed by atoms with Gasteiger partial charge >= 0.3 is 6.09 Å². The van der Waals surface area contributed by atoms with Gasteiger partial charge in [-0.25, -0.2) is 4.79 Å². The van der Waals surface area contributed by atoms with Crippen molar-refractivity contribution in [1.82, 2.24) is 5.32 Å². The highest BCUT2D eigenvalue weighted by atomic mass is 16.6. The molecule has 0 aliphatic carbocycles. The van der Waals surface area contributed by atoms with Crippen molar-refractivity contribution < 1.29 is 14.3 Å². The number of alkyl carbamates (subject to hydrolysis) is 1. The molecule has 0 saturated heterocycles. The van der Waals surface area contributed by atoms with Crippen LogP contribution < -0.4 is 15.8 Å². The van der Waals surface area contributed by atoms with Gasteiger partial charge in [-0.2, -0.15) is 0 Å². The minimum absolute atomic E-state index is 0.365. The van der Waals surface area contributed by atoms with Crippen molar-refractivity contribution in [2.24, 2.45) is 5.73 Å². The quantitative estimate of drug-likeness (QED) is 0.895. The lowest BCUT2D eigenvalue weighted by Gasteiger charge is -2.34. The van der Waals surface area contributed by atoms with E-state index in [4.69, 9.17) is 15.2 Å². The number of amides is 1. The summed E-state index contributed by atoms with van der Waals surface area (Å²) < 4.78 is 10.4. The molecule has 1 aromatic carbocycles. The van der Waals surface area contributed by atoms with Crippen molar-refractivity contribution in [1.29, 1.82) is 0 Å². The van der Waals surface area contributed by atoms with Crippen LogP contribution in [0.15, 0.2) is 24.3 Å². The van der Waals surface area contributed by atoms with E-state index in [9.17, 15) is 4.79 Å². The Bertz CT molecular complexity index is 475. The molecule has 0 fully saturated rings. The van der Waals surface area contributed by atoms with Crippen molar-refractivity contribution >= 4 is 6.09 Å². The predicted molar refractivity (Wildman–Crippen MR) is 83.4 cm³/mol. The maximum Gasteiger partial charge on any atom is 0.408 e. The van der Waals surface area contributed by atoms with Crippen LogP contribution in [0, 0.1) is 0 Å². The lowest BCUT2D eigenvalue weighted by molar-refractivity contribution is 0.0458. The van der Waals surface area contributed by atoms with Gasteiger partial charge in [0.05, 0.1) is 18.7 Å². The first-order valence-corrected chi connectivity index (χ1v) is 6.96. The van der Waals surface area contributed by atoms with Crippen LogP contribution in [0.4, 0.5) is 4.79 Å². The molecule has 0 radical (unpaired) electrons. The summed E-state index contributed by atoms with van der Waals surface area (Å²) in [6, 6.07) is 7.11. The molecule has 5 heteroatoms. The van der Waals surface area contributed by atoms with Crippen LogP contribution in [0.2, 0.25) is 0 Å². The lowest BCUT2D eigenvalue weighted by Crippen LogP contribution is -2.52. The number of ether oxygens (including phenoxy) is 2. The molecule has 0 aromatic heterocycles. The fourth-order valence-corrected chi connectivity index (χ4v) is 1.87. The number of carbonyl (C=O) groups excluding carboxylic acids is 1. The molecular formula is C16H26N2O3. The highest BCUT2D eigenvalue weighted by Gasteiger charge is 2.31. The molecule has 1 unspecified atom stereocenters. The summed E-state index contributed by atoms with van der Waals surface area (Å²) in [5.41, 5.74) is 6.00. The first-order valence-electron chi connectivity index (χ1n) is 6.96. The minimum Gasteiger partial charge on any atom is -0.497 e. The average molecular weight is 294 g/mol. The number of benzene rings is 1. The summed E-state index contributed by atoms with van der Waals surface area (Å²) >= 11 is 0. The predicted octanol–water partition coefficient (Wildman–Crippen LogP) is 3.00. The van der Waals surface area contributed by atoms with Gasteiger partial charge in [0.15, 0.2) is 0 Å². The molecule has 1 atom stereocenters. The summed E-state index contributed by atoms with van der Waals surface area (Å²) in [5.74, 6) is 0.767. The minimum atomic E-state index is -0.642. The molecule has 3 N–H and O–H groups in total. The first kappa shape index (κ1) is 17.3.